The van der Waals surface area contributed by atoms with Gasteiger partial charge >= 0.3 is 6.11 Å². The van der Waals surface area contributed by atoms with Crippen LogP contribution in [-0.2, 0) is 0 Å². The van der Waals surface area contributed by atoms with E-state index in [1.165, 1.54) is 12.1 Å². The molecule has 0 aliphatic carbocycles. The summed E-state index contributed by atoms with van der Waals surface area (Å²) in [5, 5.41) is 10.8. The van der Waals surface area contributed by atoms with Gasteiger partial charge in [0.25, 0.3) is 0 Å². The van der Waals surface area contributed by atoms with Crippen molar-refractivity contribution in [2.75, 3.05) is 7.05 Å². The molecule has 0 bridgehead atoms. The normalized spacial score (nSPS) is 14.7. The van der Waals surface area contributed by atoms with Crippen molar-refractivity contribution in [1.29, 1.82) is 5.26 Å². The summed E-state index contributed by atoms with van der Waals surface area (Å²) in [5.41, 5.74) is 9.75. The molecule has 0 amide bonds. The third-order valence-corrected chi connectivity index (χ3v) is 3.58. The van der Waals surface area contributed by atoms with Crippen LogP contribution in [0.3, 0.4) is 0 Å². The van der Waals surface area contributed by atoms with Gasteiger partial charge in [-0.05, 0) is 23.3 Å². The number of nitrogens with zero attached hydrogens (tertiary/aromatic N) is 2. The number of nitrogens with one attached hydrogen (secondary N) is 2. The number of alkyl halides is 2. The summed E-state index contributed by atoms with van der Waals surface area (Å²) in [4.78, 5) is 0. The average Bonchev–Trinajstić information content (AvgIpc) is 2.95. The van der Waals surface area contributed by atoms with Crippen LogP contribution in [0.25, 0.3) is 16.8 Å². The van der Waals surface area contributed by atoms with Crippen LogP contribution in [0.2, 0.25) is 0 Å². The van der Waals surface area contributed by atoms with Gasteiger partial charge in [-0.25, -0.2) is 0 Å². The van der Waals surface area contributed by atoms with Gasteiger partial charge < -0.3 is 4.74 Å². The summed E-state index contributed by atoms with van der Waals surface area (Å²) in [6.07, 6.45) is -3.20. The molecule has 0 unspecified atom stereocenters. The second kappa shape index (κ2) is 6.42. The van der Waals surface area contributed by atoms with Crippen molar-refractivity contribution in [2.45, 2.75) is 13.0 Å². The van der Waals surface area contributed by atoms with Crippen LogP contribution in [-0.4, -0.2) is 18.3 Å². The van der Waals surface area contributed by atoms with Gasteiger partial charge in [-0.3, -0.25) is 10.9 Å². The zero-order valence-corrected chi connectivity index (χ0v) is 13.7. The maximum atomic E-state index is 12.8. The highest BCUT2D eigenvalue weighted by atomic mass is 19.3. The molecule has 2 aromatic rings. The van der Waals surface area contributed by atoms with Crippen molar-refractivity contribution >= 4 is 5.70 Å². The molecule has 3 rings (SSSR count). The Morgan fingerprint density at radius 3 is 2.00 bits per heavy atom. The SMILES string of the molecule is CN1NC(C#N)=C(c2ccc(-c3ccc(OC(C)(F)F)cc3)cc2)N1. The van der Waals surface area contributed by atoms with E-state index in [0.717, 1.165) is 16.7 Å². The first-order valence-corrected chi connectivity index (χ1v) is 7.55. The number of benzene rings is 2. The summed E-state index contributed by atoms with van der Waals surface area (Å²) < 4.78 is 30.2. The van der Waals surface area contributed by atoms with E-state index < -0.39 is 6.11 Å². The minimum absolute atomic E-state index is 0.112. The average molecular weight is 342 g/mol. The Kier molecular flexibility index (Phi) is 4.30. The Hall–Kier alpha value is -3.11. The van der Waals surface area contributed by atoms with Gasteiger partial charge in [0, 0.05) is 19.5 Å². The molecule has 1 aliphatic rings. The van der Waals surface area contributed by atoms with Gasteiger partial charge in [0.15, 0.2) is 5.70 Å². The van der Waals surface area contributed by atoms with Crippen molar-refractivity contribution in [1.82, 2.24) is 16.0 Å². The van der Waals surface area contributed by atoms with Crippen LogP contribution in [0.5, 0.6) is 5.75 Å². The number of hydrogen-bond donors (Lipinski definition) is 2. The minimum Gasteiger partial charge on any atom is -0.433 e. The van der Waals surface area contributed by atoms with Gasteiger partial charge in [-0.2, -0.15) is 14.0 Å². The van der Waals surface area contributed by atoms with Gasteiger partial charge in [0.05, 0.1) is 5.70 Å². The molecule has 0 saturated carbocycles. The molecule has 0 aromatic heterocycles. The first-order chi connectivity index (χ1) is 11.9. The highest BCUT2D eigenvalue weighted by Crippen LogP contribution is 2.27. The largest absolute Gasteiger partial charge is 0.433 e. The molecule has 1 aliphatic heterocycles. The topological polar surface area (TPSA) is 60.3 Å². The molecule has 5 nitrogen and oxygen atoms in total. The van der Waals surface area contributed by atoms with E-state index in [1.807, 2.05) is 24.3 Å². The van der Waals surface area contributed by atoms with E-state index in [2.05, 4.69) is 21.7 Å². The van der Waals surface area contributed by atoms with Crippen molar-refractivity contribution < 1.29 is 13.5 Å². The third-order valence-electron chi connectivity index (χ3n) is 3.58. The van der Waals surface area contributed by atoms with E-state index in [0.29, 0.717) is 18.3 Å². The summed E-state index contributed by atoms with van der Waals surface area (Å²) in [6.45, 7) is 0.702. The Labute approximate surface area is 144 Å². The fourth-order valence-corrected chi connectivity index (χ4v) is 2.52. The smallest absolute Gasteiger partial charge is 0.394 e. The molecule has 25 heavy (non-hydrogen) atoms. The lowest BCUT2D eigenvalue weighted by atomic mass is 10.0. The van der Waals surface area contributed by atoms with E-state index in [4.69, 9.17) is 5.26 Å². The Morgan fingerprint density at radius 1 is 0.960 bits per heavy atom. The highest BCUT2D eigenvalue weighted by Gasteiger charge is 2.23. The maximum absolute atomic E-state index is 12.8. The van der Waals surface area contributed by atoms with E-state index in [9.17, 15) is 8.78 Å². The fraction of sp³-hybridized carbons (Fsp3) is 0.167. The van der Waals surface area contributed by atoms with E-state index in [-0.39, 0.29) is 5.75 Å². The fourth-order valence-electron chi connectivity index (χ4n) is 2.52. The third kappa shape index (κ3) is 3.87. The Morgan fingerprint density at radius 2 is 1.48 bits per heavy atom. The lowest BCUT2D eigenvalue weighted by Gasteiger charge is -2.13. The second-order valence-corrected chi connectivity index (χ2v) is 5.66. The van der Waals surface area contributed by atoms with Gasteiger partial charge in [-0.15, -0.1) is 5.12 Å². The monoisotopic (exact) mass is 342 g/mol. The van der Waals surface area contributed by atoms with Crippen LogP contribution in [0.4, 0.5) is 8.78 Å². The zero-order chi connectivity index (χ0) is 18.0. The van der Waals surface area contributed by atoms with Crippen LogP contribution in [0.1, 0.15) is 12.5 Å². The molecule has 0 atom stereocenters. The molecule has 0 radical (unpaired) electrons. The maximum Gasteiger partial charge on any atom is 0.394 e. The molecule has 0 fully saturated rings. The highest BCUT2D eigenvalue weighted by molar-refractivity contribution is 5.73. The van der Waals surface area contributed by atoms with E-state index in [1.54, 1.807) is 24.3 Å². The van der Waals surface area contributed by atoms with Gasteiger partial charge in [0.2, 0.25) is 0 Å². The summed E-state index contributed by atoms with van der Waals surface area (Å²) in [7, 11) is 1.77. The predicted molar refractivity (Wildman–Crippen MR) is 89.7 cm³/mol. The lowest BCUT2D eigenvalue weighted by Crippen LogP contribution is -2.35. The molecule has 0 saturated heterocycles. The van der Waals surface area contributed by atoms with Crippen LogP contribution < -0.4 is 15.6 Å². The predicted octanol–water partition coefficient (Wildman–Crippen LogP) is 3.49. The molecule has 0 spiro atoms. The number of hydrogen-bond acceptors (Lipinski definition) is 5. The zero-order valence-electron chi connectivity index (χ0n) is 13.7. The van der Waals surface area contributed by atoms with E-state index >= 15 is 0 Å². The Balaban J connectivity index is 1.80. The van der Waals surface area contributed by atoms with Crippen molar-refractivity contribution in [3.8, 4) is 22.9 Å². The molecule has 2 N–H and O–H groups in total. The van der Waals surface area contributed by atoms with Crippen molar-refractivity contribution in [2.24, 2.45) is 0 Å². The van der Waals surface area contributed by atoms with Crippen LogP contribution in [0.15, 0.2) is 54.2 Å². The van der Waals surface area contributed by atoms with Crippen LogP contribution in [0, 0.1) is 11.3 Å². The molecule has 1 heterocycles. The standard InChI is InChI=1S/C18H16F2N4O/c1-18(19,20)25-15-9-7-13(8-10-15)12-3-5-14(6-4-12)17-16(11-21)22-24(2)23-17/h3-10,22-23H,1-2H3. The summed E-state index contributed by atoms with van der Waals surface area (Å²) >= 11 is 0. The molecular weight excluding hydrogens is 326 g/mol. The number of halogens is 2. The number of rotatable bonds is 4. The van der Waals surface area contributed by atoms with Gasteiger partial charge in [-0.1, -0.05) is 36.4 Å². The first kappa shape index (κ1) is 16.7. The number of nitriles is 1. The first-order valence-electron chi connectivity index (χ1n) is 7.55. The quantitative estimate of drug-likeness (QED) is 0.891. The summed E-state index contributed by atoms with van der Waals surface area (Å²) in [5.74, 6) is 0.112. The molecule has 7 heteroatoms. The second-order valence-electron chi connectivity index (χ2n) is 5.66. The lowest BCUT2D eigenvalue weighted by molar-refractivity contribution is -0.158. The molecule has 128 valence electrons. The van der Waals surface area contributed by atoms with Crippen molar-refractivity contribution in [3.05, 3.63) is 59.8 Å². The number of ether oxygens (including phenoxy) is 1. The number of allylic oxidation sites excluding steroid dienone is 1. The Bertz CT molecular complexity index is 833. The molecular formula is C18H16F2N4O. The van der Waals surface area contributed by atoms with Crippen LogP contribution >= 0.6 is 0 Å². The summed E-state index contributed by atoms with van der Waals surface area (Å²) in [6, 6.07) is 16.2. The minimum atomic E-state index is -3.20. The number of hydrazine groups is 2. The molecule has 2 aromatic carbocycles. The van der Waals surface area contributed by atoms with Gasteiger partial charge in [0.1, 0.15) is 11.8 Å². The van der Waals surface area contributed by atoms with Crippen molar-refractivity contribution in [3.63, 3.8) is 0 Å².